The number of hydrogen-bond donors (Lipinski definition) is 1. The molecule has 0 aliphatic carbocycles. The summed E-state index contributed by atoms with van der Waals surface area (Å²) < 4.78 is 2.22. The monoisotopic (exact) mass is 577 g/mol. The largest absolute Gasteiger partial charge is 0.344 e. The predicted molar refractivity (Wildman–Crippen MR) is 176 cm³/mol. The van der Waals surface area contributed by atoms with Gasteiger partial charge in [0.2, 0.25) is 0 Å². The summed E-state index contributed by atoms with van der Waals surface area (Å²) >= 11 is 6.70. The van der Waals surface area contributed by atoms with Crippen LogP contribution in [-0.2, 0) is 0 Å². The maximum atomic E-state index is 6.70. The van der Waals surface area contributed by atoms with Crippen LogP contribution in [0.2, 0.25) is 5.02 Å². The SMILES string of the molecule is CC.CCN1CCN(C/C(C=C(C)C)=C/C=C(\C)Nc2cc(-c3cc4c(cc3Cl)nc(C)n4C(C)C)ncn2)CC1. The zero-order chi connectivity index (χ0) is 30.1. The van der Waals surface area contributed by atoms with Crippen molar-refractivity contribution in [2.24, 2.45) is 0 Å². The third-order valence-electron chi connectivity index (χ3n) is 7.08. The summed E-state index contributed by atoms with van der Waals surface area (Å²) in [4.78, 5) is 18.7. The molecule has 1 aromatic carbocycles. The molecule has 8 heteroatoms. The van der Waals surface area contributed by atoms with Gasteiger partial charge in [-0.1, -0.05) is 50.1 Å². The number of nitrogens with one attached hydrogen (secondary N) is 1. The minimum absolute atomic E-state index is 0.296. The summed E-state index contributed by atoms with van der Waals surface area (Å²) in [7, 11) is 0. The van der Waals surface area contributed by atoms with Gasteiger partial charge in [-0.25, -0.2) is 15.0 Å². The fourth-order valence-electron chi connectivity index (χ4n) is 5.17. The lowest BCUT2D eigenvalue weighted by Gasteiger charge is -2.34. The molecule has 1 aliphatic heterocycles. The topological polar surface area (TPSA) is 62.1 Å². The number of rotatable bonds is 9. The molecule has 1 saturated heterocycles. The van der Waals surface area contributed by atoms with Crippen LogP contribution in [0, 0.1) is 6.92 Å². The van der Waals surface area contributed by atoms with Crippen molar-refractivity contribution in [3.05, 3.63) is 70.4 Å². The summed E-state index contributed by atoms with van der Waals surface area (Å²) in [5.41, 5.74) is 7.20. The van der Waals surface area contributed by atoms with Crippen molar-refractivity contribution < 1.29 is 0 Å². The number of benzene rings is 1. The van der Waals surface area contributed by atoms with Crippen LogP contribution in [0.3, 0.4) is 0 Å². The number of nitrogens with zero attached hydrogens (tertiary/aromatic N) is 6. The number of likely N-dealkylation sites (N-methyl/N-ethyl adjacent to an activating group) is 1. The number of piperazine rings is 1. The zero-order valence-electron chi connectivity index (χ0n) is 26.4. The van der Waals surface area contributed by atoms with Crippen molar-refractivity contribution in [3.63, 3.8) is 0 Å². The van der Waals surface area contributed by atoms with Crippen LogP contribution < -0.4 is 5.32 Å². The van der Waals surface area contributed by atoms with Gasteiger partial charge in [-0.3, -0.25) is 4.90 Å². The molecule has 0 amide bonds. The van der Waals surface area contributed by atoms with E-state index in [2.05, 4.69) is 95.5 Å². The molecule has 0 atom stereocenters. The molecular formula is C33H48ClN7. The molecule has 7 nitrogen and oxygen atoms in total. The molecule has 0 saturated carbocycles. The number of anilines is 1. The smallest absolute Gasteiger partial charge is 0.134 e. The predicted octanol–water partition coefficient (Wildman–Crippen LogP) is 7.91. The molecule has 222 valence electrons. The summed E-state index contributed by atoms with van der Waals surface area (Å²) in [5.74, 6) is 1.70. The van der Waals surface area contributed by atoms with E-state index in [4.69, 9.17) is 16.6 Å². The number of aromatic nitrogens is 4. The first-order valence-electron chi connectivity index (χ1n) is 14.9. The van der Waals surface area contributed by atoms with Gasteiger partial charge in [0.1, 0.15) is 18.0 Å². The molecule has 0 unspecified atom stereocenters. The van der Waals surface area contributed by atoms with E-state index in [-0.39, 0.29) is 0 Å². The fraction of sp³-hybridized carbons (Fsp3) is 0.485. The normalized spacial score (nSPS) is 15.2. The van der Waals surface area contributed by atoms with Crippen LogP contribution in [0.1, 0.15) is 67.3 Å². The molecule has 1 aliphatic rings. The Labute approximate surface area is 252 Å². The van der Waals surface area contributed by atoms with E-state index in [1.807, 2.05) is 32.9 Å². The number of allylic oxidation sites excluding steroid dienone is 4. The quantitative estimate of drug-likeness (QED) is 0.261. The van der Waals surface area contributed by atoms with Gasteiger partial charge < -0.3 is 14.8 Å². The van der Waals surface area contributed by atoms with E-state index >= 15 is 0 Å². The van der Waals surface area contributed by atoms with Gasteiger partial charge in [-0.2, -0.15) is 0 Å². The third kappa shape index (κ3) is 8.74. The van der Waals surface area contributed by atoms with Crippen LogP contribution >= 0.6 is 11.6 Å². The van der Waals surface area contributed by atoms with E-state index < -0.39 is 0 Å². The second kappa shape index (κ2) is 15.3. The Hall–Kier alpha value is -3.00. The van der Waals surface area contributed by atoms with Crippen molar-refractivity contribution in [1.29, 1.82) is 0 Å². The number of halogens is 1. The van der Waals surface area contributed by atoms with Crippen molar-refractivity contribution in [2.45, 2.75) is 68.4 Å². The molecule has 0 bridgehead atoms. The number of fused-ring (bicyclic) bond motifs is 1. The van der Waals surface area contributed by atoms with Crippen molar-refractivity contribution in [2.75, 3.05) is 44.6 Å². The summed E-state index contributed by atoms with van der Waals surface area (Å²) in [5, 5.41) is 4.06. The van der Waals surface area contributed by atoms with Crippen molar-refractivity contribution in [3.8, 4) is 11.3 Å². The molecule has 1 fully saturated rings. The first-order valence-corrected chi connectivity index (χ1v) is 15.3. The molecule has 2 aromatic heterocycles. The zero-order valence-corrected chi connectivity index (χ0v) is 27.2. The summed E-state index contributed by atoms with van der Waals surface area (Å²) in [6.07, 6.45) is 8.20. The molecule has 1 N–H and O–H groups in total. The molecule has 0 spiro atoms. The Balaban J connectivity index is 0.00000226. The maximum absolute atomic E-state index is 6.70. The highest BCUT2D eigenvalue weighted by Gasteiger charge is 2.17. The summed E-state index contributed by atoms with van der Waals surface area (Å²) in [6.45, 7) is 25.5. The average Bonchev–Trinajstić information content (AvgIpc) is 3.27. The van der Waals surface area contributed by atoms with Gasteiger partial charge in [0.25, 0.3) is 0 Å². The highest BCUT2D eigenvalue weighted by molar-refractivity contribution is 6.34. The standard InChI is InChI=1S/C31H42ClN7.C2H6/c1-8-37-11-13-38(14-12-37)19-25(15-21(2)3)10-9-23(6)35-31-18-28(33-20-34-31)26-16-30-29(17-27(26)32)36-24(7)39(30)22(4)5;1-2/h9-10,15-18,20,22H,8,11-14,19H2,1-7H3,(H,33,34,35);1-2H3/b23-9+,25-10+;. The second-order valence-electron chi connectivity index (χ2n) is 10.9. The van der Waals surface area contributed by atoms with E-state index in [0.29, 0.717) is 11.1 Å². The maximum Gasteiger partial charge on any atom is 0.134 e. The Bertz CT molecular complexity index is 1390. The fourth-order valence-corrected chi connectivity index (χ4v) is 5.43. The molecule has 41 heavy (non-hydrogen) atoms. The minimum atomic E-state index is 0.296. The van der Waals surface area contributed by atoms with Crippen LogP contribution in [0.15, 0.2) is 59.6 Å². The van der Waals surface area contributed by atoms with Crippen LogP contribution in [0.4, 0.5) is 5.82 Å². The lowest BCUT2D eigenvalue weighted by molar-refractivity contribution is 0.146. The third-order valence-corrected chi connectivity index (χ3v) is 7.39. The average molecular weight is 578 g/mol. The van der Waals surface area contributed by atoms with Crippen LogP contribution in [0.25, 0.3) is 22.3 Å². The molecule has 0 radical (unpaired) electrons. The second-order valence-corrected chi connectivity index (χ2v) is 11.3. The first-order chi connectivity index (χ1) is 19.6. The van der Waals surface area contributed by atoms with Gasteiger partial charge in [0.05, 0.1) is 21.7 Å². The summed E-state index contributed by atoms with van der Waals surface area (Å²) in [6, 6.07) is 6.25. The Morgan fingerprint density at radius 1 is 1.00 bits per heavy atom. The molecule has 3 heterocycles. The van der Waals surface area contributed by atoms with Gasteiger partial charge in [-0.05, 0) is 71.9 Å². The van der Waals surface area contributed by atoms with Crippen LogP contribution in [0.5, 0.6) is 0 Å². The lowest BCUT2D eigenvalue weighted by atomic mass is 10.1. The molecule has 4 rings (SSSR count). The minimum Gasteiger partial charge on any atom is -0.344 e. The van der Waals surface area contributed by atoms with Crippen LogP contribution in [-0.4, -0.2) is 68.6 Å². The lowest BCUT2D eigenvalue weighted by Crippen LogP contribution is -2.46. The van der Waals surface area contributed by atoms with E-state index in [1.165, 1.54) is 11.1 Å². The highest BCUT2D eigenvalue weighted by atomic mass is 35.5. The van der Waals surface area contributed by atoms with Gasteiger partial charge in [0.15, 0.2) is 0 Å². The first kappa shape index (κ1) is 32.5. The molecular weight excluding hydrogens is 530 g/mol. The number of aryl methyl sites for hydroxylation is 1. The number of hydrogen-bond acceptors (Lipinski definition) is 6. The molecule has 3 aromatic rings. The van der Waals surface area contributed by atoms with E-state index in [0.717, 1.165) is 78.9 Å². The van der Waals surface area contributed by atoms with Gasteiger partial charge in [-0.15, -0.1) is 0 Å². The van der Waals surface area contributed by atoms with E-state index in [9.17, 15) is 0 Å². The number of imidazole rings is 1. The Morgan fingerprint density at radius 3 is 2.32 bits per heavy atom. The Morgan fingerprint density at radius 2 is 1.68 bits per heavy atom. The Kier molecular flexibility index (Phi) is 12.1. The van der Waals surface area contributed by atoms with Crippen molar-refractivity contribution >= 4 is 28.5 Å². The van der Waals surface area contributed by atoms with E-state index in [1.54, 1.807) is 6.33 Å². The van der Waals surface area contributed by atoms with Crippen molar-refractivity contribution in [1.82, 2.24) is 29.3 Å². The van der Waals surface area contributed by atoms with Gasteiger partial charge >= 0.3 is 0 Å². The van der Waals surface area contributed by atoms with Gasteiger partial charge in [0, 0.05) is 56.1 Å². The highest BCUT2D eigenvalue weighted by Crippen LogP contribution is 2.33.